The van der Waals surface area contributed by atoms with Crippen LogP contribution < -0.4 is 10.6 Å². The van der Waals surface area contributed by atoms with Crippen LogP contribution in [-0.2, 0) is 11.2 Å². The minimum absolute atomic E-state index is 0.0775. The van der Waals surface area contributed by atoms with E-state index < -0.39 is 6.04 Å². The van der Waals surface area contributed by atoms with E-state index in [1.165, 1.54) is 11.1 Å². The van der Waals surface area contributed by atoms with Crippen LogP contribution in [0.15, 0.2) is 91.4 Å². The van der Waals surface area contributed by atoms with E-state index in [0.717, 1.165) is 29.1 Å². The molecule has 2 N–H and O–H groups in total. The summed E-state index contributed by atoms with van der Waals surface area (Å²) in [6.45, 7) is 4.75. The molecule has 0 aliphatic heterocycles. The van der Waals surface area contributed by atoms with E-state index in [-0.39, 0.29) is 5.91 Å². The molecule has 0 aliphatic rings. The third-order valence-corrected chi connectivity index (χ3v) is 5.42. The second-order valence-corrected chi connectivity index (χ2v) is 7.99. The molecule has 1 atom stereocenters. The van der Waals surface area contributed by atoms with Crippen molar-refractivity contribution >= 4 is 11.6 Å². The first-order valence-electron chi connectivity index (χ1n) is 10.8. The average molecular weight is 425 g/mol. The highest BCUT2D eigenvalue weighted by Crippen LogP contribution is 2.18. The average Bonchev–Trinajstić information content (AvgIpc) is 3.25. The van der Waals surface area contributed by atoms with Gasteiger partial charge in [-0.25, -0.2) is 4.98 Å². The second kappa shape index (κ2) is 10.1. The van der Waals surface area contributed by atoms with Gasteiger partial charge in [-0.2, -0.15) is 0 Å². The molecule has 0 fully saturated rings. The van der Waals surface area contributed by atoms with Crippen molar-refractivity contribution in [1.29, 1.82) is 0 Å². The van der Waals surface area contributed by atoms with Gasteiger partial charge in [-0.1, -0.05) is 60.2 Å². The highest BCUT2D eigenvalue weighted by atomic mass is 16.2. The number of benzene rings is 3. The third-order valence-electron chi connectivity index (χ3n) is 5.42. The summed E-state index contributed by atoms with van der Waals surface area (Å²) in [7, 11) is 0. The predicted octanol–water partition coefficient (Wildman–Crippen LogP) is 5.00. The highest BCUT2D eigenvalue weighted by Gasteiger charge is 2.20. The number of nitrogens with zero attached hydrogens (tertiary/aromatic N) is 2. The van der Waals surface area contributed by atoms with Crippen LogP contribution in [0.2, 0.25) is 0 Å². The van der Waals surface area contributed by atoms with E-state index in [1.54, 1.807) is 6.33 Å². The van der Waals surface area contributed by atoms with E-state index in [9.17, 15) is 4.79 Å². The molecule has 0 bridgehead atoms. The molecular weight excluding hydrogens is 396 g/mol. The van der Waals surface area contributed by atoms with Crippen LogP contribution in [0.25, 0.3) is 5.69 Å². The number of carbonyl (C=O) groups excluding carboxylic acids is 1. The molecular formula is C27H28N4O. The minimum Gasteiger partial charge on any atom is -0.324 e. The van der Waals surface area contributed by atoms with Crippen molar-refractivity contribution in [2.75, 3.05) is 11.9 Å². The van der Waals surface area contributed by atoms with Gasteiger partial charge in [-0.3, -0.25) is 4.79 Å². The summed E-state index contributed by atoms with van der Waals surface area (Å²) in [5.74, 6) is -0.0775. The van der Waals surface area contributed by atoms with Gasteiger partial charge in [-0.05, 0) is 55.7 Å². The van der Waals surface area contributed by atoms with Crippen molar-refractivity contribution in [3.05, 3.63) is 114 Å². The zero-order chi connectivity index (χ0) is 22.3. The highest BCUT2D eigenvalue weighted by molar-refractivity contribution is 5.95. The number of aromatic nitrogens is 2. The summed E-state index contributed by atoms with van der Waals surface area (Å²) < 4.78 is 1.96. The summed E-state index contributed by atoms with van der Waals surface area (Å²) in [4.78, 5) is 17.4. The third kappa shape index (κ3) is 5.50. The first-order valence-corrected chi connectivity index (χ1v) is 10.8. The number of hydrogen-bond donors (Lipinski definition) is 2. The normalized spacial score (nSPS) is 11.8. The maximum atomic E-state index is 13.2. The molecule has 4 aromatic rings. The van der Waals surface area contributed by atoms with Gasteiger partial charge >= 0.3 is 0 Å². The Morgan fingerprint density at radius 3 is 2.31 bits per heavy atom. The Bertz CT molecular complexity index is 1150. The van der Waals surface area contributed by atoms with Crippen molar-refractivity contribution in [3.63, 3.8) is 0 Å². The molecule has 0 radical (unpaired) electrons. The first kappa shape index (κ1) is 21.5. The molecule has 4 rings (SSSR count). The van der Waals surface area contributed by atoms with E-state index in [0.29, 0.717) is 6.54 Å². The molecule has 1 heterocycles. The Hall–Kier alpha value is -3.70. The van der Waals surface area contributed by atoms with Gasteiger partial charge in [0.2, 0.25) is 5.91 Å². The van der Waals surface area contributed by atoms with E-state index in [1.807, 2.05) is 72.3 Å². The molecule has 5 nitrogen and oxygen atoms in total. The summed E-state index contributed by atoms with van der Waals surface area (Å²) in [5.41, 5.74) is 6.17. The molecule has 0 unspecified atom stereocenters. The zero-order valence-corrected chi connectivity index (χ0v) is 18.5. The molecule has 3 aromatic carbocycles. The summed E-state index contributed by atoms with van der Waals surface area (Å²) in [6.07, 6.45) is 4.61. The number of anilines is 1. The largest absolute Gasteiger partial charge is 0.324 e. The minimum atomic E-state index is -0.433. The lowest BCUT2D eigenvalue weighted by Crippen LogP contribution is -2.34. The monoisotopic (exact) mass is 424 g/mol. The van der Waals surface area contributed by atoms with Gasteiger partial charge < -0.3 is 15.2 Å². The van der Waals surface area contributed by atoms with Crippen molar-refractivity contribution in [2.45, 2.75) is 26.3 Å². The second-order valence-electron chi connectivity index (χ2n) is 7.99. The van der Waals surface area contributed by atoms with Crippen LogP contribution in [-0.4, -0.2) is 22.0 Å². The Morgan fingerprint density at radius 1 is 0.938 bits per heavy atom. The van der Waals surface area contributed by atoms with Crippen molar-refractivity contribution in [2.24, 2.45) is 0 Å². The number of imidazole rings is 1. The molecule has 5 heteroatoms. The van der Waals surface area contributed by atoms with Gasteiger partial charge in [0.05, 0.1) is 12.0 Å². The van der Waals surface area contributed by atoms with E-state index in [4.69, 9.17) is 0 Å². The fraction of sp³-hybridized carbons (Fsp3) is 0.185. The Morgan fingerprint density at radius 2 is 1.66 bits per heavy atom. The maximum Gasteiger partial charge on any atom is 0.246 e. The fourth-order valence-corrected chi connectivity index (χ4v) is 3.62. The molecule has 1 aromatic heterocycles. The standard InChI is InChI=1S/C27H28N4O/c1-20-8-10-22(11-9-20)16-17-28-26(23-6-4-3-5-7-23)27(32)30-24-12-14-25(15-13-24)31-18-21(2)29-19-31/h3-15,18-19,26,28H,16-17H2,1-2H3,(H,30,32)/t26-/m1/s1. The number of hydrogen-bond acceptors (Lipinski definition) is 3. The predicted molar refractivity (Wildman–Crippen MR) is 129 cm³/mol. The lowest BCUT2D eigenvalue weighted by molar-refractivity contribution is -0.118. The number of rotatable bonds is 8. The van der Waals surface area contributed by atoms with Crippen LogP contribution in [0.1, 0.15) is 28.4 Å². The summed E-state index contributed by atoms with van der Waals surface area (Å²) in [5, 5.41) is 6.49. The number of amides is 1. The van der Waals surface area contributed by atoms with E-state index in [2.05, 4.69) is 46.8 Å². The summed E-state index contributed by atoms with van der Waals surface area (Å²) in [6, 6.07) is 25.7. The van der Waals surface area contributed by atoms with Crippen LogP contribution in [0, 0.1) is 13.8 Å². The van der Waals surface area contributed by atoms with E-state index >= 15 is 0 Å². The van der Waals surface area contributed by atoms with Crippen molar-refractivity contribution < 1.29 is 4.79 Å². The lowest BCUT2D eigenvalue weighted by Gasteiger charge is -2.19. The zero-order valence-electron chi connectivity index (χ0n) is 18.5. The molecule has 1 amide bonds. The van der Waals surface area contributed by atoms with Gasteiger partial charge in [0.25, 0.3) is 0 Å². The number of carbonyl (C=O) groups is 1. The van der Waals surface area contributed by atoms with Gasteiger partial charge in [0, 0.05) is 24.1 Å². The lowest BCUT2D eigenvalue weighted by atomic mass is 10.0. The van der Waals surface area contributed by atoms with Crippen LogP contribution in [0.4, 0.5) is 5.69 Å². The van der Waals surface area contributed by atoms with Crippen molar-refractivity contribution in [3.8, 4) is 5.69 Å². The van der Waals surface area contributed by atoms with Crippen molar-refractivity contribution in [1.82, 2.24) is 14.9 Å². The molecule has 32 heavy (non-hydrogen) atoms. The topological polar surface area (TPSA) is 59.0 Å². The molecule has 0 aliphatic carbocycles. The number of aryl methyl sites for hydroxylation is 2. The SMILES string of the molecule is Cc1ccc(CCN[C@@H](C(=O)Nc2ccc(-n3cnc(C)c3)cc2)c2ccccc2)cc1. The maximum absolute atomic E-state index is 13.2. The smallest absolute Gasteiger partial charge is 0.246 e. The summed E-state index contributed by atoms with van der Waals surface area (Å²) >= 11 is 0. The quantitative estimate of drug-likeness (QED) is 0.418. The molecule has 0 saturated carbocycles. The van der Waals surface area contributed by atoms with Crippen LogP contribution in [0.5, 0.6) is 0 Å². The number of nitrogens with one attached hydrogen (secondary N) is 2. The van der Waals surface area contributed by atoms with Gasteiger partial charge in [0.15, 0.2) is 0 Å². The fourth-order valence-electron chi connectivity index (χ4n) is 3.62. The Balaban J connectivity index is 1.43. The Labute approximate surface area is 189 Å². The van der Waals surface area contributed by atoms with Crippen LogP contribution in [0.3, 0.4) is 0 Å². The molecule has 162 valence electrons. The Kier molecular flexibility index (Phi) is 6.78. The van der Waals surface area contributed by atoms with Crippen LogP contribution >= 0.6 is 0 Å². The molecule has 0 spiro atoms. The van der Waals surface area contributed by atoms with Gasteiger partial charge in [-0.15, -0.1) is 0 Å². The molecule has 0 saturated heterocycles. The first-order chi connectivity index (χ1) is 15.6. The van der Waals surface area contributed by atoms with Gasteiger partial charge in [0.1, 0.15) is 6.04 Å².